The maximum atomic E-state index is 13.1. The molecule has 1 nitrogen and oxygen atoms in total. The Bertz CT molecular complexity index is 182. The third-order valence-corrected chi connectivity index (χ3v) is 2.07. The fourth-order valence-electron chi connectivity index (χ4n) is 1.34. The van der Waals surface area contributed by atoms with Crippen LogP contribution in [0.15, 0.2) is 17.0 Å². The molecule has 0 saturated heterocycles. The van der Waals surface area contributed by atoms with Crippen LogP contribution in [-0.2, 0) is 0 Å². The van der Waals surface area contributed by atoms with Crippen LogP contribution in [0.3, 0.4) is 0 Å². The summed E-state index contributed by atoms with van der Waals surface area (Å²) >= 11 is 0. The van der Waals surface area contributed by atoms with E-state index in [-0.39, 0.29) is 11.7 Å². The standard InChI is InChI=1S/C9H14FN/c1-7(2)8-4-3-5-11-6-9(8)10/h5-8H,3-4H2,1-2H3. The summed E-state index contributed by atoms with van der Waals surface area (Å²) in [6.45, 7) is 4.09. The fraction of sp³-hybridized carbons (Fsp3) is 0.667. The largest absolute Gasteiger partial charge is 0.266 e. The molecule has 0 saturated carbocycles. The van der Waals surface area contributed by atoms with Crippen molar-refractivity contribution in [3.8, 4) is 0 Å². The number of hydrogen-bond donors (Lipinski definition) is 0. The Kier molecular flexibility index (Phi) is 2.80. The monoisotopic (exact) mass is 155 g/mol. The van der Waals surface area contributed by atoms with Crippen LogP contribution < -0.4 is 0 Å². The summed E-state index contributed by atoms with van der Waals surface area (Å²) < 4.78 is 13.1. The van der Waals surface area contributed by atoms with E-state index >= 15 is 0 Å². The first-order valence-electron chi connectivity index (χ1n) is 4.09. The number of rotatable bonds is 1. The minimum Gasteiger partial charge on any atom is -0.266 e. The van der Waals surface area contributed by atoms with Crippen molar-refractivity contribution in [3.63, 3.8) is 0 Å². The van der Waals surface area contributed by atoms with Gasteiger partial charge in [-0.2, -0.15) is 0 Å². The molecule has 1 heterocycles. The molecule has 0 aliphatic carbocycles. The van der Waals surface area contributed by atoms with E-state index in [4.69, 9.17) is 0 Å². The normalized spacial score (nSPS) is 25.1. The number of hydrogen-bond acceptors (Lipinski definition) is 1. The summed E-state index contributed by atoms with van der Waals surface area (Å²) in [5.74, 6) is 0.402. The van der Waals surface area contributed by atoms with Crippen LogP contribution in [0.2, 0.25) is 0 Å². The van der Waals surface area contributed by atoms with E-state index in [0.29, 0.717) is 5.92 Å². The lowest BCUT2D eigenvalue weighted by molar-refractivity contribution is 0.353. The highest BCUT2D eigenvalue weighted by molar-refractivity contribution is 5.58. The van der Waals surface area contributed by atoms with Crippen molar-refractivity contribution in [2.45, 2.75) is 26.7 Å². The second kappa shape index (κ2) is 3.65. The predicted molar refractivity (Wildman–Crippen MR) is 45.2 cm³/mol. The Labute approximate surface area is 67.0 Å². The van der Waals surface area contributed by atoms with E-state index in [2.05, 4.69) is 4.99 Å². The number of nitrogens with zero attached hydrogens (tertiary/aromatic N) is 1. The first-order chi connectivity index (χ1) is 5.22. The van der Waals surface area contributed by atoms with Crippen LogP contribution in [0.5, 0.6) is 0 Å². The zero-order valence-corrected chi connectivity index (χ0v) is 7.05. The lowest BCUT2D eigenvalue weighted by atomic mass is 9.91. The van der Waals surface area contributed by atoms with Crippen LogP contribution >= 0.6 is 0 Å². The zero-order chi connectivity index (χ0) is 8.27. The number of allylic oxidation sites excluding steroid dienone is 1. The van der Waals surface area contributed by atoms with Gasteiger partial charge in [0.15, 0.2) is 0 Å². The molecule has 62 valence electrons. The maximum absolute atomic E-state index is 13.1. The molecule has 1 unspecified atom stereocenters. The molecule has 0 aromatic heterocycles. The Morgan fingerprint density at radius 2 is 2.36 bits per heavy atom. The van der Waals surface area contributed by atoms with Gasteiger partial charge in [0.1, 0.15) is 5.83 Å². The molecule has 0 spiro atoms. The van der Waals surface area contributed by atoms with Gasteiger partial charge in [-0.05, 0) is 18.8 Å². The molecule has 0 amide bonds. The van der Waals surface area contributed by atoms with E-state index in [0.717, 1.165) is 12.8 Å². The Morgan fingerprint density at radius 1 is 1.64 bits per heavy atom. The van der Waals surface area contributed by atoms with E-state index in [1.807, 2.05) is 13.8 Å². The van der Waals surface area contributed by atoms with Crippen molar-refractivity contribution < 1.29 is 4.39 Å². The SMILES string of the molecule is CC(C)C1CCC=NC=C1F. The van der Waals surface area contributed by atoms with Crippen LogP contribution in [0, 0.1) is 11.8 Å². The Hall–Kier alpha value is -0.660. The van der Waals surface area contributed by atoms with Gasteiger partial charge in [-0.3, -0.25) is 4.99 Å². The molecular weight excluding hydrogens is 141 g/mol. The highest BCUT2D eigenvalue weighted by Crippen LogP contribution is 2.27. The first kappa shape index (κ1) is 8.44. The van der Waals surface area contributed by atoms with Gasteiger partial charge in [0.2, 0.25) is 0 Å². The molecule has 2 heteroatoms. The molecule has 1 aliphatic rings. The van der Waals surface area contributed by atoms with Gasteiger partial charge in [0.25, 0.3) is 0 Å². The topological polar surface area (TPSA) is 12.4 Å². The number of halogens is 1. The van der Waals surface area contributed by atoms with Crippen LogP contribution in [-0.4, -0.2) is 6.21 Å². The summed E-state index contributed by atoms with van der Waals surface area (Å²) in [4.78, 5) is 3.82. The molecule has 0 bridgehead atoms. The average Bonchev–Trinajstić information content (AvgIpc) is 2.13. The van der Waals surface area contributed by atoms with Crippen molar-refractivity contribution in [2.24, 2.45) is 16.8 Å². The quantitative estimate of drug-likeness (QED) is 0.552. The molecule has 0 N–H and O–H groups in total. The van der Waals surface area contributed by atoms with Gasteiger partial charge >= 0.3 is 0 Å². The highest BCUT2D eigenvalue weighted by atomic mass is 19.1. The van der Waals surface area contributed by atoms with Crippen molar-refractivity contribution in [3.05, 3.63) is 12.0 Å². The van der Waals surface area contributed by atoms with E-state index < -0.39 is 0 Å². The van der Waals surface area contributed by atoms with Crippen molar-refractivity contribution in [1.82, 2.24) is 0 Å². The first-order valence-corrected chi connectivity index (χ1v) is 4.09. The van der Waals surface area contributed by atoms with Crippen LogP contribution in [0.1, 0.15) is 26.7 Å². The summed E-state index contributed by atoms with van der Waals surface area (Å²) in [5.41, 5.74) is 0. The van der Waals surface area contributed by atoms with Crippen molar-refractivity contribution in [1.29, 1.82) is 0 Å². The minimum atomic E-state index is -0.0613. The van der Waals surface area contributed by atoms with Gasteiger partial charge in [-0.25, -0.2) is 4.39 Å². The molecule has 11 heavy (non-hydrogen) atoms. The molecule has 1 atom stereocenters. The van der Waals surface area contributed by atoms with Gasteiger partial charge in [0.05, 0.1) is 6.20 Å². The molecule has 0 radical (unpaired) electrons. The lowest BCUT2D eigenvalue weighted by Crippen LogP contribution is -2.08. The van der Waals surface area contributed by atoms with Gasteiger partial charge < -0.3 is 0 Å². The van der Waals surface area contributed by atoms with Crippen molar-refractivity contribution in [2.75, 3.05) is 0 Å². The highest BCUT2D eigenvalue weighted by Gasteiger charge is 2.18. The summed E-state index contributed by atoms with van der Waals surface area (Å²) in [7, 11) is 0. The molecule has 1 aliphatic heterocycles. The summed E-state index contributed by atoms with van der Waals surface area (Å²) in [5, 5.41) is 0. The molecule has 0 aromatic rings. The predicted octanol–water partition coefficient (Wildman–Crippen LogP) is 2.93. The maximum Gasteiger partial charge on any atom is 0.121 e. The van der Waals surface area contributed by atoms with E-state index in [1.165, 1.54) is 6.20 Å². The smallest absolute Gasteiger partial charge is 0.121 e. The second-order valence-electron chi connectivity index (χ2n) is 3.27. The van der Waals surface area contributed by atoms with Gasteiger partial charge in [-0.15, -0.1) is 0 Å². The molecule has 0 aromatic carbocycles. The second-order valence-corrected chi connectivity index (χ2v) is 3.27. The third kappa shape index (κ3) is 2.14. The Balaban J connectivity index is 2.66. The third-order valence-electron chi connectivity index (χ3n) is 2.07. The Morgan fingerprint density at radius 3 is 3.00 bits per heavy atom. The zero-order valence-electron chi connectivity index (χ0n) is 7.05. The van der Waals surface area contributed by atoms with Crippen LogP contribution in [0.25, 0.3) is 0 Å². The van der Waals surface area contributed by atoms with Crippen LogP contribution in [0.4, 0.5) is 4.39 Å². The van der Waals surface area contributed by atoms with Gasteiger partial charge in [-0.1, -0.05) is 13.8 Å². The average molecular weight is 155 g/mol. The molecule has 1 rings (SSSR count). The summed E-state index contributed by atoms with van der Waals surface area (Å²) in [6.07, 6.45) is 4.91. The lowest BCUT2D eigenvalue weighted by Gasteiger charge is -2.16. The van der Waals surface area contributed by atoms with E-state index in [9.17, 15) is 4.39 Å². The van der Waals surface area contributed by atoms with Crippen molar-refractivity contribution >= 4 is 6.21 Å². The minimum absolute atomic E-state index is 0.0613. The van der Waals surface area contributed by atoms with Gasteiger partial charge in [0, 0.05) is 12.1 Å². The summed E-state index contributed by atoms with van der Waals surface area (Å²) in [6, 6.07) is 0. The van der Waals surface area contributed by atoms with E-state index in [1.54, 1.807) is 6.21 Å². The molecule has 0 fully saturated rings. The number of aliphatic imine (C=N–C) groups is 1. The fourth-order valence-corrected chi connectivity index (χ4v) is 1.34. The molecular formula is C9H14FN.